The van der Waals surface area contributed by atoms with Crippen molar-refractivity contribution < 1.29 is 14.7 Å². The van der Waals surface area contributed by atoms with Crippen molar-refractivity contribution in [2.24, 2.45) is 5.73 Å². The van der Waals surface area contributed by atoms with E-state index < -0.39 is 24.0 Å². The second-order valence-corrected chi connectivity index (χ2v) is 2.61. The zero-order valence-corrected chi connectivity index (χ0v) is 7.14. The summed E-state index contributed by atoms with van der Waals surface area (Å²) in [5.41, 5.74) is 4.05. The zero-order valence-electron chi connectivity index (χ0n) is 7.14. The Morgan fingerprint density at radius 2 is 2.07 bits per heavy atom. The van der Waals surface area contributed by atoms with Gasteiger partial charge in [-0.15, -0.1) is 0 Å². The lowest BCUT2D eigenvalue weighted by Crippen LogP contribution is -2.31. The fourth-order valence-electron chi connectivity index (χ4n) is 1.03. The van der Waals surface area contributed by atoms with E-state index in [1.54, 1.807) is 0 Å². The van der Waals surface area contributed by atoms with Gasteiger partial charge in [0.2, 0.25) is 5.91 Å². The molecule has 1 aromatic rings. The van der Waals surface area contributed by atoms with E-state index in [4.69, 9.17) is 10.8 Å². The van der Waals surface area contributed by atoms with E-state index >= 15 is 0 Å². The van der Waals surface area contributed by atoms with Crippen molar-refractivity contribution in [3.8, 4) is 0 Å². The first-order valence-electron chi connectivity index (χ1n) is 3.74. The van der Waals surface area contributed by atoms with Gasteiger partial charge in [-0.1, -0.05) is 6.07 Å². The van der Waals surface area contributed by atoms with Crippen molar-refractivity contribution in [2.45, 2.75) is 6.54 Å². The minimum Gasteiger partial charge on any atom is -0.477 e. The van der Waals surface area contributed by atoms with Crippen LogP contribution in [0.5, 0.6) is 0 Å². The predicted octanol–water partition coefficient (Wildman–Crippen LogP) is -0.968. The average molecular weight is 196 g/mol. The summed E-state index contributed by atoms with van der Waals surface area (Å²) in [5.74, 6) is -2.04. The molecule has 1 aromatic heterocycles. The molecular weight excluding hydrogens is 188 g/mol. The van der Waals surface area contributed by atoms with Gasteiger partial charge in [0.05, 0.1) is 0 Å². The molecule has 0 bridgehead atoms. The second kappa shape index (κ2) is 3.73. The molecule has 3 N–H and O–H groups in total. The van der Waals surface area contributed by atoms with E-state index in [0.29, 0.717) is 0 Å². The van der Waals surface area contributed by atoms with Gasteiger partial charge in [0, 0.05) is 6.07 Å². The molecule has 0 radical (unpaired) electrons. The summed E-state index contributed by atoms with van der Waals surface area (Å²) in [5, 5.41) is 8.69. The molecule has 0 saturated carbocycles. The number of aromatic nitrogens is 1. The van der Waals surface area contributed by atoms with Crippen LogP contribution in [-0.2, 0) is 11.3 Å². The van der Waals surface area contributed by atoms with Crippen LogP contribution in [0.25, 0.3) is 0 Å². The number of carboxylic acid groups (broad SMARTS) is 1. The molecular formula is C8H8N2O4. The van der Waals surface area contributed by atoms with Gasteiger partial charge >= 0.3 is 5.97 Å². The molecule has 0 saturated heterocycles. The minimum absolute atomic E-state index is 0.253. The Labute approximate surface area is 78.6 Å². The standard InChI is InChI=1S/C8H8N2O4/c9-6(11)4-10-5(8(13)14)2-1-3-7(10)12/h1-3H,4H2,(H2,9,11)(H,13,14). The molecule has 0 spiro atoms. The molecule has 14 heavy (non-hydrogen) atoms. The predicted molar refractivity (Wildman–Crippen MR) is 46.9 cm³/mol. The third kappa shape index (κ3) is 1.98. The molecule has 0 aliphatic carbocycles. The number of aromatic carboxylic acids is 1. The highest BCUT2D eigenvalue weighted by molar-refractivity contribution is 5.86. The molecule has 0 fully saturated rings. The van der Waals surface area contributed by atoms with E-state index in [-0.39, 0.29) is 5.69 Å². The lowest BCUT2D eigenvalue weighted by Gasteiger charge is -2.05. The second-order valence-electron chi connectivity index (χ2n) is 2.61. The Balaban J connectivity index is 3.29. The van der Waals surface area contributed by atoms with Gasteiger partial charge in [-0.3, -0.25) is 14.2 Å². The molecule has 6 nitrogen and oxygen atoms in total. The fraction of sp³-hybridized carbons (Fsp3) is 0.125. The van der Waals surface area contributed by atoms with Gasteiger partial charge in [0.15, 0.2) is 0 Å². The molecule has 1 amide bonds. The van der Waals surface area contributed by atoms with E-state index in [1.807, 2.05) is 0 Å². The molecule has 1 heterocycles. The van der Waals surface area contributed by atoms with Gasteiger partial charge < -0.3 is 10.8 Å². The summed E-state index contributed by atoms with van der Waals surface area (Å²) in [7, 11) is 0. The number of hydrogen-bond acceptors (Lipinski definition) is 3. The van der Waals surface area contributed by atoms with Crippen molar-refractivity contribution in [1.29, 1.82) is 0 Å². The van der Waals surface area contributed by atoms with Crippen molar-refractivity contribution >= 4 is 11.9 Å². The average Bonchev–Trinajstić information content (AvgIpc) is 2.07. The van der Waals surface area contributed by atoms with E-state index in [1.165, 1.54) is 12.1 Å². The monoisotopic (exact) mass is 196 g/mol. The highest BCUT2D eigenvalue weighted by Crippen LogP contribution is 1.95. The molecule has 0 unspecified atom stereocenters. The van der Waals surface area contributed by atoms with Crippen molar-refractivity contribution in [2.75, 3.05) is 0 Å². The Morgan fingerprint density at radius 1 is 1.43 bits per heavy atom. The van der Waals surface area contributed by atoms with Crippen molar-refractivity contribution in [3.05, 3.63) is 34.2 Å². The van der Waals surface area contributed by atoms with E-state index in [2.05, 4.69) is 0 Å². The summed E-state index contributed by atoms with van der Waals surface area (Å²) in [4.78, 5) is 32.4. The summed E-state index contributed by atoms with van der Waals surface area (Å²) in [6.45, 7) is -0.429. The third-order valence-corrected chi connectivity index (χ3v) is 1.58. The Bertz CT molecular complexity index is 435. The highest BCUT2D eigenvalue weighted by Gasteiger charge is 2.11. The van der Waals surface area contributed by atoms with Crippen molar-refractivity contribution in [1.82, 2.24) is 4.57 Å². The molecule has 0 aromatic carbocycles. The van der Waals surface area contributed by atoms with Gasteiger partial charge in [-0.2, -0.15) is 0 Å². The number of primary amides is 1. The first kappa shape index (κ1) is 9.97. The Hall–Kier alpha value is -2.11. The fourth-order valence-corrected chi connectivity index (χ4v) is 1.03. The third-order valence-electron chi connectivity index (χ3n) is 1.58. The van der Waals surface area contributed by atoms with Crippen LogP contribution in [0, 0.1) is 0 Å². The minimum atomic E-state index is -1.27. The highest BCUT2D eigenvalue weighted by atomic mass is 16.4. The van der Waals surface area contributed by atoms with Crippen LogP contribution in [0.15, 0.2) is 23.0 Å². The summed E-state index contributed by atoms with van der Waals surface area (Å²) >= 11 is 0. The number of rotatable bonds is 3. The number of nitrogens with zero attached hydrogens (tertiary/aromatic N) is 1. The number of nitrogens with two attached hydrogens (primary N) is 1. The quantitative estimate of drug-likeness (QED) is 0.649. The normalized spacial score (nSPS) is 9.71. The van der Waals surface area contributed by atoms with Gasteiger partial charge in [-0.05, 0) is 6.07 Å². The number of pyridine rings is 1. The number of hydrogen-bond donors (Lipinski definition) is 2. The molecule has 0 aliphatic rings. The van der Waals surface area contributed by atoms with Crippen LogP contribution in [0.1, 0.15) is 10.5 Å². The van der Waals surface area contributed by atoms with E-state index in [9.17, 15) is 14.4 Å². The number of amides is 1. The lowest BCUT2D eigenvalue weighted by atomic mass is 10.3. The Morgan fingerprint density at radius 3 is 2.57 bits per heavy atom. The maximum atomic E-state index is 11.2. The molecule has 1 rings (SSSR count). The van der Waals surface area contributed by atoms with Crippen LogP contribution in [0.2, 0.25) is 0 Å². The largest absolute Gasteiger partial charge is 0.477 e. The van der Waals surface area contributed by atoms with Crippen LogP contribution in [0.3, 0.4) is 0 Å². The van der Waals surface area contributed by atoms with Crippen LogP contribution < -0.4 is 11.3 Å². The van der Waals surface area contributed by atoms with E-state index in [0.717, 1.165) is 10.6 Å². The van der Waals surface area contributed by atoms with Gasteiger partial charge in [0.25, 0.3) is 5.56 Å². The maximum absolute atomic E-state index is 11.2. The van der Waals surface area contributed by atoms with Crippen LogP contribution in [-0.4, -0.2) is 21.6 Å². The number of carbonyl (C=O) groups is 2. The van der Waals surface area contributed by atoms with Crippen LogP contribution in [0.4, 0.5) is 0 Å². The topological polar surface area (TPSA) is 102 Å². The molecule has 74 valence electrons. The summed E-state index contributed by atoms with van der Waals surface area (Å²) < 4.78 is 0.810. The van der Waals surface area contributed by atoms with Crippen molar-refractivity contribution in [3.63, 3.8) is 0 Å². The number of carboxylic acids is 1. The Kier molecular flexibility index (Phi) is 2.66. The SMILES string of the molecule is NC(=O)Cn1c(C(=O)O)cccc1=O. The lowest BCUT2D eigenvalue weighted by molar-refractivity contribution is -0.118. The van der Waals surface area contributed by atoms with Crippen LogP contribution >= 0.6 is 0 Å². The summed E-state index contributed by atoms with van der Waals surface area (Å²) in [6, 6.07) is 3.70. The maximum Gasteiger partial charge on any atom is 0.352 e. The van der Waals surface area contributed by atoms with Gasteiger partial charge in [-0.25, -0.2) is 4.79 Å². The number of carbonyl (C=O) groups excluding carboxylic acids is 1. The van der Waals surface area contributed by atoms with Gasteiger partial charge in [0.1, 0.15) is 12.2 Å². The first-order chi connectivity index (χ1) is 6.52. The molecule has 0 aliphatic heterocycles. The first-order valence-corrected chi connectivity index (χ1v) is 3.74. The zero-order chi connectivity index (χ0) is 10.7. The smallest absolute Gasteiger partial charge is 0.352 e. The molecule has 6 heteroatoms. The summed E-state index contributed by atoms with van der Waals surface area (Å²) in [6.07, 6.45) is 0. The molecule has 0 atom stereocenters.